The Labute approximate surface area is 92.8 Å². The van der Waals surface area contributed by atoms with E-state index in [1.165, 1.54) is 12.1 Å². The highest BCUT2D eigenvalue weighted by Crippen LogP contribution is 2.26. The molecule has 0 bridgehead atoms. The van der Waals surface area contributed by atoms with Crippen molar-refractivity contribution in [2.45, 2.75) is 0 Å². The minimum absolute atomic E-state index is 0.141. The standard InChI is InChI=1S/C9H4BrClFNO/c10-5-1-2-6(7(12)3-5)8-4-9(11)14-13-8/h1-4H. The molecule has 0 atom stereocenters. The zero-order valence-corrected chi connectivity index (χ0v) is 9.14. The second-order valence-corrected chi connectivity index (χ2v) is 3.93. The van der Waals surface area contributed by atoms with E-state index >= 15 is 0 Å². The number of rotatable bonds is 1. The maximum absolute atomic E-state index is 13.4. The van der Waals surface area contributed by atoms with Crippen LogP contribution in [0.15, 0.2) is 33.3 Å². The molecule has 2 aromatic rings. The van der Waals surface area contributed by atoms with Gasteiger partial charge in [-0.2, -0.15) is 0 Å². The Morgan fingerprint density at radius 1 is 1.36 bits per heavy atom. The molecule has 0 saturated carbocycles. The number of benzene rings is 1. The monoisotopic (exact) mass is 275 g/mol. The lowest BCUT2D eigenvalue weighted by atomic mass is 10.1. The van der Waals surface area contributed by atoms with Crippen molar-refractivity contribution in [3.05, 3.63) is 39.8 Å². The third kappa shape index (κ3) is 1.81. The summed E-state index contributed by atoms with van der Waals surface area (Å²) in [6.07, 6.45) is 0. The molecule has 0 radical (unpaired) electrons. The van der Waals surface area contributed by atoms with Gasteiger partial charge in [-0.3, -0.25) is 0 Å². The number of halogens is 3. The van der Waals surface area contributed by atoms with Gasteiger partial charge in [0.05, 0.1) is 0 Å². The van der Waals surface area contributed by atoms with Crippen LogP contribution in [0.2, 0.25) is 5.22 Å². The molecule has 1 aromatic heterocycles. The fourth-order valence-corrected chi connectivity index (χ4v) is 1.55. The molecule has 0 aliphatic heterocycles. The Kier molecular flexibility index (Phi) is 2.56. The van der Waals surface area contributed by atoms with Crippen LogP contribution in [-0.2, 0) is 0 Å². The number of aromatic nitrogens is 1. The predicted octanol–water partition coefficient (Wildman–Crippen LogP) is 3.90. The van der Waals surface area contributed by atoms with Gasteiger partial charge < -0.3 is 4.52 Å². The molecular formula is C9H4BrClFNO. The number of nitrogens with zero attached hydrogens (tertiary/aromatic N) is 1. The minimum atomic E-state index is -0.371. The largest absolute Gasteiger partial charge is 0.344 e. The van der Waals surface area contributed by atoms with Crippen molar-refractivity contribution >= 4 is 27.5 Å². The van der Waals surface area contributed by atoms with E-state index in [-0.39, 0.29) is 11.0 Å². The van der Waals surface area contributed by atoms with Gasteiger partial charge in [-0.25, -0.2) is 4.39 Å². The molecule has 2 rings (SSSR count). The van der Waals surface area contributed by atoms with Crippen LogP contribution in [0.4, 0.5) is 4.39 Å². The van der Waals surface area contributed by atoms with E-state index < -0.39 is 0 Å². The fourth-order valence-electron chi connectivity index (χ4n) is 1.08. The predicted molar refractivity (Wildman–Crippen MR) is 54.6 cm³/mol. The highest BCUT2D eigenvalue weighted by Gasteiger charge is 2.09. The molecule has 0 fully saturated rings. The first-order chi connectivity index (χ1) is 6.66. The molecule has 1 heterocycles. The van der Waals surface area contributed by atoms with E-state index in [0.717, 1.165) is 0 Å². The number of hydrogen-bond acceptors (Lipinski definition) is 2. The molecule has 5 heteroatoms. The quantitative estimate of drug-likeness (QED) is 0.789. The smallest absolute Gasteiger partial charge is 0.226 e. The molecule has 0 saturated heterocycles. The van der Waals surface area contributed by atoms with Crippen molar-refractivity contribution in [3.8, 4) is 11.3 Å². The average Bonchev–Trinajstić information content (AvgIpc) is 2.51. The van der Waals surface area contributed by atoms with Crippen molar-refractivity contribution in [2.75, 3.05) is 0 Å². The van der Waals surface area contributed by atoms with Crippen LogP contribution in [0.1, 0.15) is 0 Å². The summed E-state index contributed by atoms with van der Waals surface area (Å²) in [7, 11) is 0. The zero-order chi connectivity index (χ0) is 10.1. The van der Waals surface area contributed by atoms with Crippen LogP contribution in [0.25, 0.3) is 11.3 Å². The summed E-state index contributed by atoms with van der Waals surface area (Å²) in [5.41, 5.74) is 0.754. The van der Waals surface area contributed by atoms with Crippen LogP contribution < -0.4 is 0 Å². The van der Waals surface area contributed by atoms with E-state index in [2.05, 4.69) is 25.6 Å². The first-order valence-electron chi connectivity index (χ1n) is 3.74. The van der Waals surface area contributed by atoms with Crippen molar-refractivity contribution in [1.29, 1.82) is 0 Å². The topological polar surface area (TPSA) is 26.0 Å². The van der Waals surface area contributed by atoms with Gasteiger partial charge in [-0.05, 0) is 29.8 Å². The highest BCUT2D eigenvalue weighted by molar-refractivity contribution is 9.10. The fraction of sp³-hybridized carbons (Fsp3) is 0. The number of hydrogen-bond donors (Lipinski definition) is 0. The van der Waals surface area contributed by atoms with Gasteiger partial charge >= 0.3 is 0 Å². The molecule has 0 aliphatic carbocycles. The van der Waals surface area contributed by atoms with Crippen molar-refractivity contribution in [1.82, 2.24) is 5.16 Å². The molecule has 0 N–H and O–H groups in total. The van der Waals surface area contributed by atoms with E-state index in [1.807, 2.05) is 0 Å². The Bertz CT molecular complexity index is 472. The molecule has 0 unspecified atom stereocenters. The van der Waals surface area contributed by atoms with Crippen molar-refractivity contribution in [2.24, 2.45) is 0 Å². The van der Waals surface area contributed by atoms with Gasteiger partial charge in [0.15, 0.2) is 0 Å². The van der Waals surface area contributed by atoms with Gasteiger partial charge in [0.2, 0.25) is 5.22 Å². The SMILES string of the molecule is Fc1cc(Br)ccc1-c1cc(Cl)on1. The van der Waals surface area contributed by atoms with Gasteiger partial charge in [-0.1, -0.05) is 21.1 Å². The third-order valence-corrected chi connectivity index (χ3v) is 2.36. The van der Waals surface area contributed by atoms with Crippen LogP contribution in [0.3, 0.4) is 0 Å². The molecule has 1 aromatic carbocycles. The summed E-state index contributed by atoms with van der Waals surface area (Å²) in [4.78, 5) is 0. The molecule has 0 aliphatic rings. The van der Waals surface area contributed by atoms with E-state index in [9.17, 15) is 4.39 Å². The molecule has 0 amide bonds. The van der Waals surface area contributed by atoms with Gasteiger partial charge in [0, 0.05) is 16.1 Å². The maximum Gasteiger partial charge on any atom is 0.226 e. The van der Waals surface area contributed by atoms with E-state index in [0.29, 0.717) is 15.7 Å². The lowest BCUT2D eigenvalue weighted by Crippen LogP contribution is -1.83. The summed E-state index contributed by atoms with van der Waals surface area (Å²) < 4.78 is 18.7. The first kappa shape index (κ1) is 9.68. The minimum Gasteiger partial charge on any atom is -0.344 e. The summed E-state index contributed by atoms with van der Waals surface area (Å²) in [5.74, 6) is -0.371. The lowest BCUT2D eigenvalue weighted by Gasteiger charge is -1.97. The van der Waals surface area contributed by atoms with Gasteiger partial charge in [0.25, 0.3) is 0 Å². The van der Waals surface area contributed by atoms with Crippen LogP contribution in [0.5, 0.6) is 0 Å². The summed E-state index contributed by atoms with van der Waals surface area (Å²) in [6, 6.07) is 6.15. The third-order valence-electron chi connectivity index (χ3n) is 1.69. The lowest BCUT2D eigenvalue weighted by molar-refractivity contribution is 0.423. The Morgan fingerprint density at radius 2 is 2.14 bits per heavy atom. The summed E-state index contributed by atoms with van der Waals surface area (Å²) in [5, 5.41) is 3.76. The molecular weight excluding hydrogens is 272 g/mol. The van der Waals surface area contributed by atoms with Gasteiger partial charge in [0.1, 0.15) is 11.5 Å². The van der Waals surface area contributed by atoms with Gasteiger partial charge in [-0.15, -0.1) is 0 Å². The Hall–Kier alpha value is -0.870. The second kappa shape index (κ2) is 3.71. The van der Waals surface area contributed by atoms with E-state index in [4.69, 9.17) is 11.6 Å². The van der Waals surface area contributed by atoms with Crippen molar-refractivity contribution in [3.63, 3.8) is 0 Å². The maximum atomic E-state index is 13.4. The van der Waals surface area contributed by atoms with Crippen LogP contribution >= 0.6 is 27.5 Å². The van der Waals surface area contributed by atoms with Crippen LogP contribution in [-0.4, -0.2) is 5.16 Å². The molecule has 0 spiro atoms. The Balaban J connectivity index is 2.52. The Morgan fingerprint density at radius 3 is 2.71 bits per heavy atom. The zero-order valence-electron chi connectivity index (χ0n) is 6.80. The normalized spacial score (nSPS) is 10.5. The molecule has 14 heavy (non-hydrogen) atoms. The average molecular weight is 276 g/mol. The summed E-state index contributed by atoms with van der Waals surface area (Å²) >= 11 is 8.70. The van der Waals surface area contributed by atoms with Crippen LogP contribution in [0, 0.1) is 5.82 Å². The molecule has 72 valence electrons. The summed E-state index contributed by atoms with van der Waals surface area (Å²) in [6.45, 7) is 0. The van der Waals surface area contributed by atoms with Crippen molar-refractivity contribution < 1.29 is 8.91 Å². The molecule has 2 nitrogen and oxygen atoms in total. The second-order valence-electron chi connectivity index (χ2n) is 2.64. The highest BCUT2D eigenvalue weighted by atomic mass is 79.9. The first-order valence-corrected chi connectivity index (χ1v) is 4.91. The van der Waals surface area contributed by atoms with E-state index in [1.54, 1.807) is 12.1 Å².